The largest absolute Gasteiger partial charge is 0.497 e. The van der Waals surface area contributed by atoms with E-state index in [0.717, 1.165) is 39.3 Å². The van der Waals surface area contributed by atoms with Gasteiger partial charge in [-0.3, -0.25) is 9.80 Å². The number of anilines is 2. The van der Waals surface area contributed by atoms with Crippen molar-refractivity contribution in [1.82, 2.24) is 9.80 Å². The Kier molecular flexibility index (Phi) is 7.48. The molecule has 1 unspecified atom stereocenters. The van der Waals surface area contributed by atoms with E-state index in [4.69, 9.17) is 4.74 Å². The third-order valence-electron chi connectivity index (χ3n) is 7.87. The number of nitrogens with one attached hydrogen (secondary N) is 1. The van der Waals surface area contributed by atoms with Crippen LogP contribution >= 0.6 is 0 Å². The van der Waals surface area contributed by atoms with Crippen molar-refractivity contribution in [3.63, 3.8) is 0 Å². The Bertz CT molecular complexity index is 1390. The molecule has 39 heavy (non-hydrogen) atoms. The van der Waals surface area contributed by atoms with Gasteiger partial charge in [0.05, 0.1) is 18.5 Å². The van der Waals surface area contributed by atoms with E-state index in [1.165, 1.54) is 34.1 Å². The maximum Gasteiger partial charge on any atom is 0.127 e. The molecule has 1 fully saturated rings. The summed E-state index contributed by atoms with van der Waals surface area (Å²) in [5, 5.41) is 3.77. The zero-order valence-electron chi connectivity index (χ0n) is 22.4. The predicted octanol–water partition coefficient (Wildman–Crippen LogP) is 6.08. The molecule has 1 saturated heterocycles. The molecule has 4 aromatic carbocycles. The summed E-state index contributed by atoms with van der Waals surface area (Å²) in [6, 6.07) is 33.0. The molecule has 2 aliphatic heterocycles. The molecule has 200 valence electrons. The molecule has 0 spiro atoms. The molecule has 0 aromatic heterocycles. The molecule has 0 amide bonds. The Morgan fingerprint density at radius 3 is 2.23 bits per heavy atom. The van der Waals surface area contributed by atoms with Gasteiger partial charge in [-0.05, 0) is 47.0 Å². The van der Waals surface area contributed by atoms with E-state index >= 15 is 0 Å². The summed E-state index contributed by atoms with van der Waals surface area (Å²) in [5.41, 5.74) is 6.91. The van der Waals surface area contributed by atoms with Crippen LogP contribution in [-0.2, 0) is 13.1 Å². The van der Waals surface area contributed by atoms with Gasteiger partial charge in [-0.1, -0.05) is 66.7 Å². The smallest absolute Gasteiger partial charge is 0.127 e. The second-order valence-corrected chi connectivity index (χ2v) is 10.4. The second-order valence-electron chi connectivity index (χ2n) is 10.4. The molecule has 6 rings (SSSR count). The molecular weight excluding hydrogens is 487 g/mol. The first-order valence-electron chi connectivity index (χ1n) is 13.7. The lowest BCUT2D eigenvalue weighted by Gasteiger charge is -2.38. The maximum absolute atomic E-state index is 14.4. The van der Waals surface area contributed by atoms with E-state index in [1.807, 2.05) is 6.07 Å². The number of nitrogens with zero attached hydrogens (tertiary/aromatic N) is 3. The number of methoxy groups -OCH3 is 1. The van der Waals surface area contributed by atoms with E-state index in [2.05, 4.69) is 98.9 Å². The van der Waals surface area contributed by atoms with Gasteiger partial charge in [0.25, 0.3) is 0 Å². The average molecular weight is 523 g/mol. The van der Waals surface area contributed by atoms with Crippen molar-refractivity contribution in [2.24, 2.45) is 0 Å². The minimum absolute atomic E-state index is 0.168. The third kappa shape index (κ3) is 5.77. The van der Waals surface area contributed by atoms with Gasteiger partial charge in [-0.2, -0.15) is 0 Å². The number of para-hydroxylation sites is 2. The van der Waals surface area contributed by atoms with Gasteiger partial charge in [0.1, 0.15) is 17.7 Å². The summed E-state index contributed by atoms with van der Waals surface area (Å²) < 4.78 is 19.7. The highest BCUT2D eigenvalue weighted by atomic mass is 19.1. The lowest BCUT2D eigenvalue weighted by molar-refractivity contribution is 0.122. The van der Waals surface area contributed by atoms with Gasteiger partial charge < -0.3 is 15.0 Å². The molecular formula is C33H35FN4O. The Balaban J connectivity index is 1.10. The van der Waals surface area contributed by atoms with Crippen LogP contribution in [0, 0.1) is 5.82 Å². The molecule has 2 aliphatic rings. The van der Waals surface area contributed by atoms with E-state index in [9.17, 15) is 4.39 Å². The number of fused-ring (bicyclic) bond motifs is 1. The summed E-state index contributed by atoms with van der Waals surface area (Å²) in [6.07, 6.45) is 0.193. The second kappa shape index (κ2) is 11.5. The minimum atomic E-state index is -0.168. The average Bonchev–Trinajstić information content (AvgIpc) is 3.32. The number of ether oxygens (including phenoxy) is 1. The molecule has 0 radical (unpaired) electrons. The number of hydrogen-bond acceptors (Lipinski definition) is 5. The quantitative estimate of drug-likeness (QED) is 0.303. The van der Waals surface area contributed by atoms with Crippen LogP contribution in [-0.4, -0.2) is 55.8 Å². The van der Waals surface area contributed by atoms with Crippen LogP contribution < -0.4 is 15.0 Å². The van der Waals surface area contributed by atoms with Gasteiger partial charge >= 0.3 is 0 Å². The summed E-state index contributed by atoms with van der Waals surface area (Å²) in [7, 11) is 1.62. The Morgan fingerprint density at radius 1 is 0.769 bits per heavy atom. The van der Waals surface area contributed by atoms with Gasteiger partial charge in [-0.25, -0.2) is 4.39 Å². The predicted molar refractivity (Wildman–Crippen MR) is 157 cm³/mol. The van der Waals surface area contributed by atoms with Crippen LogP contribution in [0.1, 0.15) is 11.1 Å². The molecule has 6 heteroatoms. The van der Waals surface area contributed by atoms with Crippen LogP contribution in [0.25, 0.3) is 11.1 Å². The summed E-state index contributed by atoms with van der Waals surface area (Å²) in [4.78, 5) is 7.34. The topological polar surface area (TPSA) is 31.0 Å². The summed E-state index contributed by atoms with van der Waals surface area (Å²) in [6.45, 7) is 6.13. The molecule has 5 nitrogen and oxygen atoms in total. The minimum Gasteiger partial charge on any atom is -0.497 e. The molecule has 2 heterocycles. The molecule has 0 aliphatic carbocycles. The fourth-order valence-electron chi connectivity index (χ4n) is 5.66. The Labute approximate surface area is 230 Å². The fourth-order valence-corrected chi connectivity index (χ4v) is 5.66. The zero-order valence-corrected chi connectivity index (χ0v) is 22.4. The van der Waals surface area contributed by atoms with Crippen molar-refractivity contribution in [2.75, 3.05) is 50.1 Å². The normalized spacial score (nSPS) is 17.6. The number of benzene rings is 4. The highest BCUT2D eigenvalue weighted by Gasteiger charge is 2.31. The van der Waals surface area contributed by atoms with E-state index < -0.39 is 0 Å². The van der Waals surface area contributed by atoms with Crippen molar-refractivity contribution in [3.8, 4) is 16.9 Å². The Morgan fingerprint density at radius 2 is 1.46 bits per heavy atom. The number of piperazine rings is 1. The summed E-state index contributed by atoms with van der Waals surface area (Å²) in [5.74, 6) is 0.533. The molecule has 0 saturated carbocycles. The number of hydrogen-bond donors (Lipinski definition) is 1. The highest BCUT2D eigenvalue weighted by Crippen LogP contribution is 2.36. The first kappa shape index (κ1) is 25.4. The molecule has 0 bridgehead atoms. The fraction of sp³-hybridized carbons (Fsp3) is 0.273. The molecule has 1 N–H and O–H groups in total. The third-order valence-corrected chi connectivity index (χ3v) is 7.87. The maximum atomic E-state index is 14.4. The van der Waals surface area contributed by atoms with Gasteiger partial charge in [0, 0.05) is 51.4 Å². The molecule has 1 atom stereocenters. The van der Waals surface area contributed by atoms with Crippen molar-refractivity contribution in [3.05, 3.63) is 114 Å². The van der Waals surface area contributed by atoms with Crippen LogP contribution in [0.5, 0.6) is 5.75 Å². The highest BCUT2D eigenvalue weighted by molar-refractivity contribution is 5.76. The zero-order chi connectivity index (χ0) is 26.6. The standard InChI is InChI=1S/C33H35FN4O/c1-39-29-15-16-30(34)28(21-29)23-36-17-19-37(20-18-36)24-33-35-31-9-5-6-10-32(31)38(33)22-25-11-13-27(14-12-25)26-7-3-2-4-8-26/h2-16,21,33,35H,17-20,22-24H2,1H3. The van der Waals surface area contributed by atoms with Crippen LogP contribution in [0.15, 0.2) is 97.1 Å². The van der Waals surface area contributed by atoms with Gasteiger partial charge in [0.15, 0.2) is 0 Å². The van der Waals surface area contributed by atoms with Crippen molar-refractivity contribution in [1.29, 1.82) is 0 Å². The molecule has 4 aromatic rings. The lowest BCUT2D eigenvalue weighted by Crippen LogP contribution is -2.52. The van der Waals surface area contributed by atoms with E-state index in [-0.39, 0.29) is 12.0 Å². The van der Waals surface area contributed by atoms with Crippen molar-refractivity contribution < 1.29 is 9.13 Å². The van der Waals surface area contributed by atoms with Gasteiger partial charge in [0.2, 0.25) is 0 Å². The van der Waals surface area contributed by atoms with Crippen molar-refractivity contribution >= 4 is 11.4 Å². The van der Waals surface area contributed by atoms with Crippen LogP contribution in [0.4, 0.5) is 15.8 Å². The SMILES string of the molecule is COc1ccc(F)c(CN2CCN(CC3Nc4ccccc4N3Cc3ccc(-c4ccccc4)cc3)CC2)c1. The lowest BCUT2D eigenvalue weighted by atomic mass is 10.0. The van der Waals surface area contributed by atoms with Crippen LogP contribution in [0.2, 0.25) is 0 Å². The first-order chi connectivity index (χ1) is 19.2. The van der Waals surface area contributed by atoms with E-state index in [0.29, 0.717) is 17.9 Å². The summed E-state index contributed by atoms with van der Waals surface area (Å²) >= 11 is 0. The first-order valence-corrected chi connectivity index (χ1v) is 13.7. The van der Waals surface area contributed by atoms with Crippen LogP contribution in [0.3, 0.4) is 0 Å². The number of rotatable bonds is 8. The Hall–Kier alpha value is -3.87. The van der Waals surface area contributed by atoms with E-state index in [1.54, 1.807) is 13.2 Å². The van der Waals surface area contributed by atoms with Crippen molar-refractivity contribution in [2.45, 2.75) is 19.3 Å². The van der Waals surface area contributed by atoms with Gasteiger partial charge in [-0.15, -0.1) is 0 Å². The monoisotopic (exact) mass is 522 g/mol. The number of halogens is 1.